The minimum Gasteiger partial charge on any atom is -0.258 e. The Labute approximate surface area is 126 Å². The monoisotopic (exact) mass is 289 g/mol. The summed E-state index contributed by atoms with van der Waals surface area (Å²) in [6, 6.07) is 16.1. The van der Waals surface area contributed by atoms with Crippen LogP contribution in [0.25, 0.3) is 22.2 Å². The van der Waals surface area contributed by atoms with Gasteiger partial charge in [0, 0.05) is 17.0 Å². The number of fused-ring (bicyclic) bond motifs is 1. The number of pyridine rings is 1. The molecule has 0 fully saturated rings. The molecular formula is C17H11N3O2. The number of nitro groups is 1. The number of aryl methyl sites for hydroxylation is 1. The molecule has 3 aromatic rings. The molecule has 0 bridgehead atoms. The van der Waals surface area contributed by atoms with Crippen LogP contribution in [0.2, 0.25) is 0 Å². The van der Waals surface area contributed by atoms with Gasteiger partial charge in [0.1, 0.15) is 11.6 Å². The summed E-state index contributed by atoms with van der Waals surface area (Å²) < 4.78 is 0. The highest BCUT2D eigenvalue weighted by atomic mass is 16.6. The summed E-state index contributed by atoms with van der Waals surface area (Å²) in [4.78, 5) is 15.1. The molecule has 5 nitrogen and oxygen atoms in total. The normalized spacial score (nSPS) is 10.4. The van der Waals surface area contributed by atoms with E-state index < -0.39 is 4.92 Å². The number of hydrogen-bond acceptors (Lipinski definition) is 4. The highest BCUT2D eigenvalue weighted by molar-refractivity contribution is 5.89. The first-order valence-electron chi connectivity index (χ1n) is 6.66. The van der Waals surface area contributed by atoms with Crippen LogP contribution in [-0.4, -0.2) is 9.91 Å². The number of non-ortho nitro benzene ring substituents is 1. The van der Waals surface area contributed by atoms with E-state index in [1.54, 1.807) is 30.3 Å². The number of nitriles is 1. The van der Waals surface area contributed by atoms with E-state index in [1.165, 1.54) is 6.07 Å². The van der Waals surface area contributed by atoms with Crippen molar-refractivity contribution in [2.45, 2.75) is 6.92 Å². The first-order chi connectivity index (χ1) is 10.6. The number of benzene rings is 2. The van der Waals surface area contributed by atoms with Gasteiger partial charge < -0.3 is 0 Å². The average molecular weight is 289 g/mol. The zero-order valence-electron chi connectivity index (χ0n) is 11.8. The van der Waals surface area contributed by atoms with Gasteiger partial charge in [0.05, 0.1) is 16.2 Å². The molecule has 0 saturated heterocycles. The first-order valence-corrected chi connectivity index (χ1v) is 6.66. The van der Waals surface area contributed by atoms with Crippen LogP contribution < -0.4 is 0 Å². The quantitative estimate of drug-likeness (QED) is 0.527. The van der Waals surface area contributed by atoms with Crippen molar-refractivity contribution in [3.63, 3.8) is 0 Å². The molecule has 3 rings (SSSR count). The van der Waals surface area contributed by atoms with E-state index in [2.05, 4.69) is 11.1 Å². The van der Waals surface area contributed by atoms with Crippen LogP contribution in [0, 0.1) is 28.4 Å². The van der Waals surface area contributed by atoms with Crippen molar-refractivity contribution in [2.24, 2.45) is 0 Å². The Bertz CT molecular complexity index is 942. The van der Waals surface area contributed by atoms with Crippen molar-refractivity contribution in [3.05, 3.63) is 69.8 Å². The zero-order valence-corrected chi connectivity index (χ0v) is 11.8. The third kappa shape index (κ3) is 2.17. The second kappa shape index (κ2) is 5.26. The molecule has 0 radical (unpaired) electrons. The maximum atomic E-state index is 11.2. The summed E-state index contributed by atoms with van der Waals surface area (Å²) in [5, 5.41) is 21.2. The number of rotatable bonds is 2. The number of para-hydroxylation sites is 1. The molecule has 1 aromatic heterocycles. The molecule has 0 aliphatic carbocycles. The molecule has 106 valence electrons. The van der Waals surface area contributed by atoms with Crippen molar-refractivity contribution in [3.8, 4) is 17.3 Å². The highest BCUT2D eigenvalue weighted by Gasteiger charge is 2.15. The molecular weight excluding hydrogens is 278 g/mol. The maximum Gasteiger partial charge on any atom is 0.295 e. The van der Waals surface area contributed by atoms with Gasteiger partial charge in [-0.2, -0.15) is 5.26 Å². The topological polar surface area (TPSA) is 79.8 Å². The summed E-state index contributed by atoms with van der Waals surface area (Å²) in [6.45, 7) is 1.85. The molecule has 1 heterocycles. The Morgan fingerprint density at radius 3 is 2.64 bits per heavy atom. The largest absolute Gasteiger partial charge is 0.295 e. The lowest BCUT2D eigenvalue weighted by atomic mass is 9.99. The molecule has 0 aliphatic rings. The highest BCUT2D eigenvalue weighted by Crippen LogP contribution is 2.29. The molecule has 0 aliphatic heterocycles. The third-order valence-electron chi connectivity index (χ3n) is 3.56. The van der Waals surface area contributed by atoms with Gasteiger partial charge in [-0.1, -0.05) is 36.4 Å². The number of aromatic nitrogens is 1. The predicted octanol–water partition coefficient (Wildman–Crippen LogP) is 3.99. The van der Waals surface area contributed by atoms with E-state index in [9.17, 15) is 15.4 Å². The van der Waals surface area contributed by atoms with Crippen LogP contribution in [0.1, 0.15) is 11.1 Å². The van der Waals surface area contributed by atoms with Gasteiger partial charge in [0.15, 0.2) is 0 Å². The van der Waals surface area contributed by atoms with Crippen LogP contribution >= 0.6 is 0 Å². The lowest BCUT2D eigenvalue weighted by molar-refractivity contribution is -0.383. The van der Waals surface area contributed by atoms with Crippen LogP contribution in [0.3, 0.4) is 0 Å². The van der Waals surface area contributed by atoms with Crippen LogP contribution in [-0.2, 0) is 0 Å². The standard InChI is InChI=1S/C17H11N3O2/c1-11-4-2-6-13(14(11)10-18)15-9-8-12-5-3-7-16(20(21)22)17(12)19-15/h2-9H,1H3. The first kappa shape index (κ1) is 13.7. The van der Waals surface area contributed by atoms with E-state index in [1.807, 2.05) is 19.1 Å². The van der Waals surface area contributed by atoms with Gasteiger partial charge in [-0.25, -0.2) is 4.98 Å². The predicted molar refractivity (Wildman–Crippen MR) is 83.3 cm³/mol. The summed E-state index contributed by atoms with van der Waals surface area (Å²) in [6.07, 6.45) is 0. The minimum absolute atomic E-state index is 0.0366. The van der Waals surface area contributed by atoms with Crippen molar-refractivity contribution in [1.82, 2.24) is 4.98 Å². The lowest BCUT2D eigenvalue weighted by Crippen LogP contribution is -1.95. The number of nitro benzene ring substituents is 1. The molecule has 5 heteroatoms. The molecule has 0 amide bonds. The molecule has 0 atom stereocenters. The Morgan fingerprint density at radius 1 is 1.14 bits per heavy atom. The minimum atomic E-state index is -0.444. The van der Waals surface area contributed by atoms with E-state index in [4.69, 9.17) is 0 Å². The van der Waals surface area contributed by atoms with Crippen LogP contribution in [0.5, 0.6) is 0 Å². The van der Waals surface area contributed by atoms with Gasteiger partial charge in [0.25, 0.3) is 5.69 Å². The van der Waals surface area contributed by atoms with Crippen molar-refractivity contribution < 1.29 is 4.92 Å². The summed E-state index contributed by atoms with van der Waals surface area (Å²) in [7, 11) is 0. The Hall–Kier alpha value is -3.26. The summed E-state index contributed by atoms with van der Waals surface area (Å²) >= 11 is 0. The van der Waals surface area contributed by atoms with E-state index >= 15 is 0 Å². The van der Waals surface area contributed by atoms with Gasteiger partial charge in [-0.15, -0.1) is 0 Å². The fourth-order valence-corrected chi connectivity index (χ4v) is 2.46. The third-order valence-corrected chi connectivity index (χ3v) is 3.56. The molecule has 2 aromatic carbocycles. The maximum absolute atomic E-state index is 11.2. The van der Waals surface area contributed by atoms with E-state index in [-0.39, 0.29) is 5.69 Å². The summed E-state index contributed by atoms with van der Waals surface area (Å²) in [5.41, 5.74) is 2.92. The van der Waals surface area contributed by atoms with Crippen LogP contribution in [0.15, 0.2) is 48.5 Å². The van der Waals surface area contributed by atoms with Gasteiger partial charge in [0.2, 0.25) is 0 Å². The molecule has 0 saturated carbocycles. The Morgan fingerprint density at radius 2 is 1.91 bits per heavy atom. The van der Waals surface area contributed by atoms with Gasteiger partial charge in [-0.05, 0) is 18.6 Å². The smallest absolute Gasteiger partial charge is 0.258 e. The van der Waals surface area contributed by atoms with Crippen molar-refractivity contribution >= 4 is 16.6 Å². The van der Waals surface area contributed by atoms with Crippen molar-refractivity contribution in [2.75, 3.05) is 0 Å². The second-order valence-corrected chi connectivity index (χ2v) is 4.91. The van der Waals surface area contributed by atoms with E-state index in [0.717, 1.165) is 5.56 Å². The zero-order chi connectivity index (χ0) is 15.7. The number of nitrogens with zero attached hydrogens (tertiary/aromatic N) is 3. The van der Waals surface area contributed by atoms with Crippen LogP contribution in [0.4, 0.5) is 5.69 Å². The Kier molecular flexibility index (Phi) is 3.28. The van der Waals surface area contributed by atoms with Crippen molar-refractivity contribution in [1.29, 1.82) is 5.26 Å². The van der Waals surface area contributed by atoms with Gasteiger partial charge >= 0.3 is 0 Å². The summed E-state index contributed by atoms with van der Waals surface area (Å²) in [5.74, 6) is 0. The van der Waals surface area contributed by atoms with Gasteiger partial charge in [-0.3, -0.25) is 10.1 Å². The number of hydrogen-bond donors (Lipinski definition) is 0. The van der Waals surface area contributed by atoms with E-state index in [0.29, 0.717) is 27.7 Å². The Balaban J connectivity index is 2.30. The second-order valence-electron chi connectivity index (χ2n) is 4.91. The molecule has 0 unspecified atom stereocenters. The lowest BCUT2D eigenvalue weighted by Gasteiger charge is -2.07. The SMILES string of the molecule is Cc1cccc(-c2ccc3cccc([N+](=O)[O-])c3n2)c1C#N. The average Bonchev–Trinajstić information content (AvgIpc) is 2.53. The fourth-order valence-electron chi connectivity index (χ4n) is 2.46. The fraction of sp³-hybridized carbons (Fsp3) is 0.0588. The molecule has 0 spiro atoms. The molecule has 0 N–H and O–H groups in total. The molecule has 22 heavy (non-hydrogen) atoms.